The lowest BCUT2D eigenvalue weighted by Gasteiger charge is -2.21. The molecule has 6 heteroatoms. The molecule has 0 aliphatic rings. The van der Waals surface area contributed by atoms with Crippen LogP contribution in [0.4, 0.5) is 0 Å². The van der Waals surface area contributed by atoms with Gasteiger partial charge in [-0.05, 0) is 24.6 Å². The number of aliphatic hydroxyl groups excluding tert-OH is 1. The van der Waals surface area contributed by atoms with Crippen molar-refractivity contribution in [1.82, 2.24) is 4.98 Å². The van der Waals surface area contributed by atoms with E-state index in [1.54, 1.807) is 18.2 Å². The van der Waals surface area contributed by atoms with Gasteiger partial charge in [-0.15, -0.1) is 11.3 Å². The first-order chi connectivity index (χ1) is 9.02. The number of thiazole rings is 1. The van der Waals surface area contributed by atoms with Gasteiger partial charge < -0.3 is 10.8 Å². The molecular weight excluding hydrogens is 303 g/mol. The maximum Gasteiger partial charge on any atom is 0.105 e. The van der Waals surface area contributed by atoms with Gasteiger partial charge in [-0.1, -0.05) is 29.3 Å². The Balaban J connectivity index is 2.33. The Morgan fingerprint density at radius 3 is 2.68 bits per heavy atom. The van der Waals surface area contributed by atoms with Crippen molar-refractivity contribution < 1.29 is 5.11 Å². The number of hydrogen-bond donors (Lipinski definition) is 2. The first-order valence-corrected chi connectivity index (χ1v) is 7.41. The smallest absolute Gasteiger partial charge is 0.105 e. The highest BCUT2D eigenvalue weighted by Crippen LogP contribution is 2.35. The quantitative estimate of drug-likeness (QED) is 0.907. The molecule has 0 aliphatic heterocycles. The van der Waals surface area contributed by atoms with Crippen LogP contribution in [0, 0.1) is 6.92 Å². The molecule has 0 spiro atoms. The predicted octanol–water partition coefficient (Wildman–Crippen LogP) is 3.53. The Hall–Kier alpha value is -0.650. The van der Waals surface area contributed by atoms with Crippen LogP contribution >= 0.6 is 34.5 Å². The molecule has 0 amide bonds. The summed E-state index contributed by atoms with van der Waals surface area (Å²) in [4.78, 5) is 4.30. The Morgan fingerprint density at radius 2 is 2.16 bits per heavy atom. The van der Waals surface area contributed by atoms with Crippen molar-refractivity contribution in [3.8, 4) is 0 Å². The Kier molecular flexibility index (Phi) is 4.81. The van der Waals surface area contributed by atoms with E-state index in [0.29, 0.717) is 15.7 Å². The summed E-state index contributed by atoms with van der Waals surface area (Å²) in [5.74, 6) is -0.300. The average Bonchev–Trinajstić information content (AvgIpc) is 2.79. The number of nitrogens with zero attached hydrogens (tertiary/aromatic N) is 1. The third-order valence-electron chi connectivity index (χ3n) is 2.94. The second-order valence-electron chi connectivity index (χ2n) is 4.24. The second kappa shape index (κ2) is 6.20. The van der Waals surface area contributed by atoms with Gasteiger partial charge in [0.1, 0.15) is 6.10 Å². The second-order valence-corrected chi connectivity index (χ2v) is 6.15. The fraction of sp³-hybridized carbons (Fsp3) is 0.308. The minimum Gasteiger partial charge on any atom is -0.386 e. The highest BCUT2D eigenvalue weighted by Gasteiger charge is 2.25. The van der Waals surface area contributed by atoms with Crippen LogP contribution in [0.2, 0.25) is 10.0 Å². The largest absolute Gasteiger partial charge is 0.386 e. The van der Waals surface area contributed by atoms with Crippen molar-refractivity contribution in [1.29, 1.82) is 0 Å². The van der Waals surface area contributed by atoms with Crippen LogP contribution in [0.5, 0.6) is 0 Å². The van der Waals surface area contributed by atoms with E-state index in [0.717, 1.165) is 10.6 Å². The standard InChI is InChI=1S/C13H14Cl2N2OS/c1-7-17-12(6-19-7)13(18)10(5-16)9-3-2-8(14)4-11(9)15/h2-4,6,10,13,18H,5,16H2,1H3. The van der Waals surface area contributed by atoms with Crippen LogP contribution in [0.3, 0.4) is 0 Å². The number of aromatic nitrogens is 1. The van der Waals surface area contributed by atoms with Gasteiger partial charge in [0.25, 0.3) is 0 Å². The van der Waals surface area contributed by atoms with Crippen LogP contribution in [0.25, 0.3) is 0 Å². The van der Waals surface area contributed by atoms with Gasteiger partial charge in [-0.25, -0.2) is 4.98 Å². The van der Waals surface area contributed by atoms with Crippen LogP contribution in [0.1, 0.15) is 28.3 Å². The third-order valence-corrected chi connectivity index (χ3v) is 4.29. The van der Waals surface area contributed by atoms with Gasteiger partial charge in [-0.2, -0.15) is 0 Å². The molecule has 0 aliphatic carbocycles. The summed E-state index contributed by atoms with van der Waals surface area (Å²) in [6, 6.07) is 5.19. The summed E-state index contributed by atoms with van der Waals surface area (Å²) in [7, 11) is 0. The van der Waals surface area contributed by atoms with Gasteiger partial charge in [0.2, 0.25) is 0 Å². The first-order valence-electron chi connectivity index (χ1n) is 5.78. The summed E-state index contributed by atoms with van der Waals surface area (Å²) in [6.45, 7) is 2.17. The van der Waals surface area contributed by atoms with Crippen molar-refractivity contribution in [2.24, 2.45) is 5.73 Å². The van der Waals surface area contributed by atoms with E-state index in [2.05, 4.69) is 4.98 Å². The zero-order valence-corrected chi connectivity index (χ0v) is 12.6. The predicted molar refractivity (Wildman–Crippen MR) is 80.1 cm³/mol. The average molecular weight is 317 g/mol. The molecule has 3 nitrogen and oxygen atoms in total. The molecule has 0 saturated carbocycles. The number of benzene rings is 1. The first kappa shape index (κ1) is 14.8. The van der Waals surface area contributed by atoms with Crippen molar-refractivity contribution in [2.45, 2.75) is 18.9 Å². The topological polar surface area (TPSA) is 59.1 Å². The molecule has 1 aromatic heterocycles. The minimum atomic E-state index is -0.770. The zero-order valence-electron chi connectivity index (χ0n) is 10.3. The summed E-state index contributed by atoms with van der Waals surface area (Å²) in [5.41, 5.74) is 7.19. The number of halogens is 2. The fourth-order valence-corrected chi connectivity index (χ4v) is 3.14. The summed E-state index contributed by atoms with van der Waals surface area (Å²) in [6.07, 6.45) is -0.770. The van der Waals surface area contributed by atoms with Gasteiger partial charge >= 0.3 is 0 Å². The van der Waals surface area contributed by atoms with E-state index in [9.17, 15) is 5.11 Å². The molecule has 3 N–H and O–H groups in total. The summed E-state index contributed by atoms with van der Waals surface area (Å²) < 4.78 is 0. The molecule has 0 saturated heterocycles. The van der Waals surface area contributed by atoms with Crippen LogP contribution in [-0.2, 0) is 0 Å². The number of aliphatic hydroxyl groups is 1. The Bertz CT molecular complexity index is 574. The monoisotopic (exact) mass is 316 g/mol. The van der Waals surface area contributed by atoms with Gasteiger partial charge in [0.15, 0.2) is 0 Å². The van der Waals surface area contributed by atoms with Gasteiger partial charge in [0.05, 0.1) is 10.7 Å². The number of hydrogen-bond acceptors (Lipinski definition) is 4. The SMILES string of the molecule is Cc1nc(C(O)C(CN)c2ccc(Cl)cc2Cl)cs1. The van der Waals surface area contributed by atoms with E-state index in [1.807, 2.05) is 12.3 Å². The maximum atomic E-state index is 10.4. The minimum absolute atomic E-state index is 0.277. The molecule has 102 valence electrons. The maximum absolute atomic E-state index is 10.4. The van der Waals surface area contributed by atoms with Gasteiger partial charge in [-0.3, -0.25) is 0 Å². The van der Waals surface area contributed by atoms with E-state index in [1.165, 1.54) is 11.3 Å². The fourth-order valence-electron chi connectivity index (χ4n) is 1.95. The summed E-state index contributed by atoms with van der Waals surface area (Å²) >= 11 is 13.5. The van der Waals surface area contributed by atoms with Gasteiger partial charge in [0, 0.05) is 27.9 Å². The molecule has 0 radical (unpaired) electrons. The molecule has 1 aromatic carbocycles. The molecule has 2 atom stereocenters. The van der Waals surface area contributed by atoms with E-state index in [4.69, 9.17) is 28.9 Å². The van der Waals surface area contributed by atoms with Crippen molar-refractivity contribution >= 4 is 34.5 Å². The highest BCUT2D eigenvalue weighted by molar-refractivity contribution is 7.09. The molecule has 2 aromatic rings. The van der Waals surface area contributed by atoms with E-state index < -0.39 is 6.10 Å². The third kappa shape index (κ3) is 3.27. The molecule has 2 unspecified atom stereocenters. The number of rotatable bonds is 4. The molecule has 19 heavy (non-hydrogen) atoms. The lowest BCUT2D eigenvalue weighted by Crippen LogP contribution is -2.20. The molecule has 0 fully saturated rings. The summed E-state index contributed by atoms with van der Waals surface area (Å²) in [5, 5.41) is 14.2. The molecule has 1 heterocycles. The van der Waals surface area contributed by atoms with Crippen LogP contribution < -0.4 is 5.73 Å². The lowest BCUT2D eigenvalue weighted by molar-refractivity contribution is 0.143. The molecule has 0 bridgehead atoms. The van der Waals surface area contributed by atoms with Crippen molar-refractivity contribution in [3.63, 3.8) is 0 Å². The molecular formula is C13H14Cl2N2OS. The van der Waals surface area contributed by atoms with Crippen LogP contribution in [0.15, 0.2) is 23.6 Å². The normalized spacial score (nSPS) is 14.4. The van der Waals surface area contributed by atoms with E-state index in [-0.39, 0.29) is 12.5 Å². The highest BCUT2D eigenvalue weighted by atomic mass is 35.5. The van der Waals surface area contributed by atoms with E-state index >= 15 is 0 Å². The Labute approximate surface area is 126 Å². The van der Waals surface area contributed by atoms with Crippen molar-refractivity contribution in [3.05, 3.63) is 49.9 Å². The van der Waals surface area contributed by atoms with Crippen LogP contribution in [-0.4, -0.2) is 16.6 Å². The lowest BCUT2D eigenvalue weighted by atomic mass is 9.92. The van der Waals surface area contributed by atoms with Crippen molar-refractivity contribution in [2.75, 3.05) is 6.54 Å². The zero-order chi connectivity index (χ0) is 14.0. The number of aryl methyl sites for hydroxylation is 1. The Morgan fingerprint density at radius 1 is 1.42 bits per heavy atom. The number of nitrogens with two attached hydrogens (primary N) is 1. The molecule has 2 rings (SSSR count).